The molecule has 2 N–H and O–H groups in total. The lowest BCUT2D eigenvalue weighted by atomic mass is 9.99. The first kappa shape index (κ1) is 19.9. The first-order chi connectivity index (χ1) is 13.2. The number of anilines is 1. The fourth-order valence-electron chi connectivity index (χ4n) is 3.46. The number of nitrogens with zero attached hydrogens (tertiary/aromatic N) is 2. The van der Waals surface area contributed by atoms with Gasteiger partial charge in [0.15, 0.2) is 0 Å². The lowest BCUT2D eigenvalue weighted by Crippen LogP contribution is -2.44. The zero-order chi connectivity index (χ0) is 18.9. The molecule has 2 heterocycles. The number of thioether (sulfide) groups is 1. The molecule has 0 saturated carbocycles. The number of carbonyl (C=O) groups excluding carboxylic acids is 1. The summed E-state index contributed by atoms with van der Waals surface area (Å²) in [4.78, 5) is 19.0. The van der Waals surface area contributed by atoms with Crippen LogP contribution in [0.3, 0.4) is 0 Å². The molecule has 1 aromatic heterocycles. The van der Waals surface area contributed by atoms with E-state index in [0.29, 0.717) is 12.6 Å². The van der Waals surface area contributed by atoms with Crippen molar-refractivity contribution in [2.45, 2.75) is 42.5 Å². The van der Waals surface area contributed by atoms with Gasteiger partial charge in [0.1, 0.15) is 0 Å². The van der Waals surface area contributed by atoms with Crippen LogP contribution in [0.2, 0.25) is 0 Å². The Hall–Kier alpha value is -1.89. The molecule has 1 saturated heterocycles. The van der Waals surface area contributed by atoms with Crippen LogP contribution in [-0.4, -0.2) is 46.6 Å². The van der Waals surface area contributed by atoms with Gasteiger partial charge in [0.05, 0.1) is 11.6 Å². The number of hydrogen-bond acceptors (Lipinski definition) is 5. The van der Waals surface area contributed by atoms with Gasteiger partial charge < -0.3 is 10.4 Å². The minimum Gasteiger partial charge on any atom is -0.396 e. The minimum absolute atomic E-state index is 0.00867. The van der Waals surface area contributed by atoms with E-state index in [1.54, 1.807) is 18.0 Å². The molecule has 1 aliphatic rings. The van der Waals surface area contributed by atoms with Gasteiger partial charge in [-0.1, -0.05) is 24.6 Å². The predicted molar refractivity (Wildman–Crippen MR) is 110 cm³/mol. The number of likely N-dealkylation sites (tertiary alicyclic amines) is 1. The van der Waals surface area contributed by atoms with Gasteiger partial charge >= 0.3 is 0 Å². The minimum atomic E-state index is 0.00867. The molecule has 1 aromatic carbocycles. The number of aliphatic hydroxyl groups excluding tert-OH is 1. The summed E-state index contributed by atoms with van der Waals surface area (Å²) >= 11 is 1.68. The molecular weight excluding hydrogens is 358 g/mol. The molecule has 6 heteroatoms. The van der Waals surface area contributed by atoms with Crippen LogP contribution in [0.15, 0.2) is 53.7 Å². The Bertz CT molecular complexity index is 724. The van der Waals surface area contributed by atoms with Gasteiger partial charge in [-0.2, -0.15) is 0 Å². The molecule has 0 aliphatic carbocycles. The highest BCUT2D eigenvalue weighted by atomic mass is 32.2. The number of piperidine rings is 1. The van der Waals surface area contributed by atoms with E-state index in [1.807, 2.05) is 36.4 Å². The smallest absolute Gasteiger partial charge is 0.238 e. The Morgan fingerprint density at radius 2 is 2.19 bits per heavy atom. The van der Waals surface area contributed by atoms with Crippen LogP contribution in [0, 0.1) is 0 Å². The van der Waals surface area contributed by atoms with Crippen LogP contribution < -0.4 is 5.32 Å². The summed E-state index contributed by atoms with van der Waals surface area (Å²) in [5.41, 5.74) is 1.98. The third kappa shape index (κ3) is 6.34. The molecule has 144 valence electrons. The third-order valence-corrected chi connectivity index (χ3v) is 5.81. The Labute approximate surface area is 165 Å². The number of rotatable bonds is 8. The van der Waals surface area contributed by atoms with E-state index < -0.39 is 0 Å². The van der Waals surface area contributed by atoms with Crippen LogP contribution in [0.4, 0.5) is 5.69 Å². The maximum Gasteiger partial charge on any atom is 0.238 e. The number of aromatic nitrogens is 1. The lowest BCUT2D eigenvalue weighted by molar-refractivity contribution is -0.118. The average Bonchev–Trinajstić information content (AvgIpc) is 2.69. The molecule has 3 rings (SSSR count). The van der Waals surface area contributed by atoms with Crippen molar-refractivity contribution < 1.29 is 9.90 Å². The van der Waals surface area contributed by atoms with Crippen molar-refractivity contribution in [3.05, 3.63) is 54.2 Å². The predicted octanol–water partition coefficient (Wildman–Crippen LogP) is 3.55. The number of carbonyl (C=O) groups is 1. The van der Waals surface area contributed by atoms with Crippen LogP contribution in [-0.2, 0) is 10.5 Å². The first-order valence-corrected chi connectivity index (χ1v) is 10.5. The third-order valence-electron chi connectivity index (χ3n) is 4.79. The van der Waals surface area contributed by atoms with Gasteiger partial charge in [-0.3, -0.25) is 9.69 Å². The Morgan fingerprint density at radius 3 is 3.00 bits per heavy atom. The normalized spacial score (nSPS) is 17.6. The van der Waals surface area contributed by atoms with E-state index in [2.05, 4.69) is 21.3 Å². The van der Waals surface area contributed by atoms with E-state index in [4.69, 9.17) is 0 Å². The first-order valence-electron chi connectivity index (χ1n) is 9.52. The van der Waals surface area contributed by atoms with Crippen molar-refractivity contribution >= 4 is 23.4 Å². The number of amides is 1. The van der Waals surface area contributed by atoms with Gasteiger partial charge in [0.2, 0.25) is 5.91 Å². The largest absolute Gasteiger partial charge is 0.396 e. The summed E-state index contributed by atoms with van der Waals surface area (Å²) < 4.78 is 0. The van der Waals surface area contributed by atoms with Crippen LogP contribution in [0.1, 0.15) is 31.2 Å². The van der Waals surface area contributed by atoms with Crippen molar-refractivity contribution in [3.63, 3.8) is 0 Å². The zero-order valence-corrected chi connectivity index (χ0v) is 16.3. The fourth-order valence-corrected chi connectivity index (χ4v) is 4.26. The summed E-state index contributed by atoms with van der Waals surface area (Å²) in [5, 5.41) is 13.3. The quantitative estimate of drug-likeness (QED) is 0.681. The summed E-state index contributed by atoms with van der Waals surface area (Å²) in [6, 6.07) is 14.2. The van der Waals surface area contributed by atoms with E-state index in [1.165, 1.54) is 6.42 Å². The van der Waals surface area contributed by atoms with E-state index in [0.717, 1.165) is 47.8 Å². The van der Waals surface area contributed by atoms with Crippen molar-refractivity contribution in [2.24, 2.45) is 0 Å². The Morgan fingerprint density at radius 1 is 1.26 bits per heavy atom. The summed E-state index contributed by atoms with van der Waals surface area (Å²) in [6.45, 7) is 1.50. The number of benzene rings is 1. The summed E-state index contributed by atoms with van der Waals surface area (Å²) in [7, 11) is 0. The number of pyridine rings is 1. The molecule has 5 nitrogen and oxygen atoms in total. The number of hydrogen-bond donors (Lipinski definition) is 2. The highest BCUT2D eigenvalue weighted by Crippen LogP contribution is 2.22. The molecule has 27 heavy (non-hydrogen) atoms. The highest BCUT2D eigenvalue weighted by Gasteiger charge is 2.23. The maximum absolute atomic E-state index is 12.5. The van der Waals surface area contributed by atoms with Crippen LogP contribution >= 0.6 is 11.8 Å². The van der Waals surface area contributed by atoms with Crippen molar-refractivity contribution in [3.8, 4) is 0 Å². The Balaban J connectivity index is 1.53. The van der Waals surface area contributed by atoms with Gasteiger partial charge in [0.25, 0.3) is 0 Å². The Kier molecular flexibility index (Phi) is 7.68. The number of aliphatic hydroxyl groups is 1. The fraction of sp³-hybridized carbons (Fsp3) is 0.429. The van der Waals surface area contributed by atoms with Crippen LogP contribution in [0.25, 0.3) is 0 Å². The summed E-state index contributed by atoms with van der Waals surface area (Å²) in [5.74, 6) is 0.820. The van der Waals surface area contributed by atoms with Crippen LogP contribution in [0.5, 0.6) is 0 Å². The molecule has 0 bridgehead atoms. The molecule has 1 fully saturated rings. The van der Waals surface area contributed by atoms with E-state index in [9.17, 15) is 9.90 Å². The second-order valence-electron chi connectivity index (χ2n) is 6.84. The maximum atomic E-state index is 12.5. The molecule has 0 radical (unpaired) electrons. The van der Waals surface area contributed by atoms with Crippen molar-refractivity contribution in [1.82, 2.24) is 9.88 Å². The zero-order valence-electron chi connectivity index (χ0n) is 15.5. The molecule has 1 amide bonds. The highest BCUT2D eigenvalue weighted by molar-refractivity contribution is 7.98. The second kappa shape index (κ2) is 10.4. The second-order valence-corrected chi connectivity index (χ2v) is 7.83. The van der Waals surface area contributed by atoms with E-state index >= 15 is 0 Å². The molecule has 1 aliphatic heterocycles. The van der Waals surface area contributed by atoms with Gasteiger partial charge in [-0.05, 0) is 55.6 Å². The molecule has 0 spiro atoms. The standard InChI is InChI=1S/C21H27N3O2S/c25-13-10-19-8-2-4-12-24(19)15-20(26)23-18-7-5-6-17(14-18)16-27-21-9-1-3-11-22-21/h1,3,5-7,9,11,14,19,25H,2,4,8,10,12-13,15-16H2,(H,23,26). The van der Waals surface area contributed by atoms with Gasteiger partial charge in [-0.15, -0.1) is 11.8 Å². The molecular formula is C21H27N3O2S. The van der Waals surface area contributed by atoms with Crippen molar-refractivity contribution in [2.75, 3.05) is 25.0 Å². The van der Waals surface area contributed by atoms with E-state index in [-0.39, 0.29) is 12.5 Å². The number of nitrogens with one attached hydrogen (secondary N) is 1. The summed E-state index contributed by atoms with van der Waals surface area (Å²) in [6.07, 6.45) is 5.90. The molecule has 1 atom stereocenters. The molecule has 2 aromatic rings. The lowest BCUT2D eigenvalue weighted by Gasteiger charge is -2.34. The average molecular weight is 386 g/mol. The monoisotopic (exact) mass is 385 g/mol. The van der Waals surface area contributed by atoms with Crippen molar-refractivity contribution in [1.29, 1.82) is 0 Å². The SMILES string of the molecule is O=C(CN1CCCCC1CCO)Nc1cccc(CSc2ccccn2)c1. The topological polar surface area (TPSA) is 65.5 Å². The van der Waals surface area contributed by atoms with Gasteiger partial charge in [0, 0.05) is 30.3 Å². The van der Waals surface area contributed by atoms with Gasteiger partial charge in [-0.25, -0.2) is 4.98 Å². The molecule has 1 unspecified atom stereocenters.